The van der Waals surface area contributed by atoms with Crippen molar-refractivity contribution in [1.29, 1.82) is 0 Å². The highest BCUT2D eigenvalue weighted by Crippen LogP contribution is 2.18. The highest BCUT2D eigenvalue weighted by molar-refractivity contribution is 9.10. The second kappa shape index (κ2) is 6.23. The number of carbonyl (C=O) groups excluding carboxylic acids is 1. The van der Waals surface area contributed by atoms with Crippen molar-refractivity contribution in [2.45, 2.75) is 20.4 Å². The van der Waals surface area contributed by atoms with Crippen molar-refractivity contribution in [2.75, 3.05) is 7.05 Å². The summed E-state index contributed by atoms with van der Waals surface area (Å²) in [7, 11) is 1.83. The van der Waals surface area contributed by atoms with Gasteiger partial charge >= 0.3 is 0 Å². The minimum Gasteiger partial charge on any atom is -0.337 e. The molecule has 0 spiro atoms. The smallest absolute Gasteiger partial charge is 0.253 e. The first-order valence-electron chi connectivity index (χ1n) is 6.54. The second-order valence-electron chi connectivity index (χ2n) is 5.11. The summed E-state index contributed by atoms with van der Waals surface area (Å²) in [6.07, 6.45) is 0. The van der Waals surface area contributed by atoms with Crippen molar-refractivity contribution >= 4 is 21.8 Å². The maximum atomic E-state index is 12.4. The lowest BCUT2D eigenvalue weighted by Gasteiger charge is -2.18. The Bertz CT molecular complexity index is 619. The van der Waals surface area contributed by atoms with Crippen molar-refractivity contribution in [3.05, 3.63) is 69.2 Å². The fourth-order valence-electron chi connectivity index (χ4n) is 2.04. The van der Waals surface area contributed by atoms with Crippen LogP contribution in [0.2, 0.25) is 0 Å². The van der Waals surface area contributed by atoms with Crippen LogP contribution in [0.5, 0.6) is 0 Å². The van der Waals surface area contributed by atoms with Gasteiger partial charge in [0, 0.05) is 23.6 Å². The summed E-state index contributed by atoms with van der Waals surface area (Å²) < 4.78 is 1.02. The van der Waals surface area contributed by atoms with E-state index in [2.05, 4.69) is 47.1 Å². The van der Waals surface area contributed by atoms with Gasteiger partial charge in [0.15, 0.2) is 0 Å². The molecule has 20 heavy (non-hydrogen) atoms. The number of nitrogens with zero attached hydrogens (tertiary/aromatic N) is 1. The molecule has 0 saturated carbocycles. The molecule has 0 N–H and O–H groups in total. The largest absolute Gasteiger partial charge is 0.337 e. The number of amides is 1. The van der Waals surface area contributed by atoms with Gasteiger partial charge in [0.2, 0.25) is 0 Å². The average Bonchev–Trinajstić information content (AvgIpc) is 2.43. The Labute approximate surface area is 128 Å². The van der Waals surface area contributed by atoms with Crippen molar-refractivity contribution < 1.29 is 4.79 Å². The standard InChI is InChI=1S/C17H18BrNO/c1-12-4-6-14(7-5-12)11-19(3)17(20)15-8-9-16(18)13(2)10-15/h4-10H,11H2,1-3H3. The van der Waals surface area contributed by atoms with Crippen LogP contribution < -0.4 is 0 Å². The summed E-state index contributed by atoms with van der Waals surface area (Å²) in [5, 5.41) is 0. The topological polar surface area (TPSA) is 20.3 Å². The van der Waals surface area contributed by atoms with Crippen molar-refractivity contribution in [1.82, 2.24) is 4.90 Å². The quantitative estimate of drug-likeness (QED) is 0.819. The molecule has 0 aromatic heterocycles. The third-order valence-electron chi connectivity index (χ3n) is 3.29. The predicted octanol–water partition coefficient (Wildman–Crippen LogP) is 4.34. The molecule has 0 radical (unpaired) electrons. The van der Waals surface area contributed by atoms with Crippen LogP contribution in [0, 0.1) is 13.8 Å². The predicted molar refractivity (Wildman–Crippen MR) is 85.9 cm³/mol. The summed E-state index contributed by atoms with van der Waals surface area (Å²) in [6, 6.07) is 13.9. The van der Waals surface area contributed by atoms with E-state index in [1.807, 2.05) is 32.2 Å². The zero-order chi connectivity index (χ0) is 14.7. The molecule has 0 aliphatic carbocycles. The first-order chi connectivity index (χ1) is 9.47. The molecule has 0 unspecified atom stereocenters. The van der Waals surface area contributed by atoms with E-state index in [0.717, 1.165) is 21.2 Å². The summed E-state index contributed by atoms with van der Waals surface area (Å²) >= 11 is 3.45. The minimum atomic E-state index is 0.0428. The maximum absolute atomic E-state index is 12.4. The molecule has 2 aromatic carbocycles. The van der Waals surface area contributed by atoms with Crippen LogP contribution in [-0.4, -0.2) is 17.9 Å². The Morgan fingerprint density at radius 1 is 1.10 bits per heavy atom. The molecule has 0 aliphatic heterocycles. The Morgan fingerprint density at radius 3 is 2.35 bits per heavy atom. The lowest BCUT2D eigenvalue weighted by molar-refractivity contribution is 0.0785. The van der Waals surface area contributed by atoms with Gasteiger partial charge in [-0.25, -0.2) is 0 Å². The van der Waals surface area contributed by atoms with Crippen molar-refractivity contribution in [3.8, 4) is 0 Å². The fourth-order valence-corrected chi connectivity index (χ4v) is 2.28. The second-order valence-corrected chi connectivity index (χ2v) is 5.97. The minimum absolute atomic E-state index is 0.0428. The molecule has 0 aliphatic rings. The van der Waals surface area contributed by atoms with E-state index in [4.69, 9.17) is 0 Å². The molecule has 0 bridgehead atoms. The van der Waals surface area contributed by atoms with Gasteiger partial charge in [-0.05, 0) is 43.2 Å². The molecule has 2 rings (SSSR count). The molecule has 2 aromatic rings. The number of rotatable bonds is 3. The first kappa shape index (κ1) is 14.8. The van der Waals surface area contributed by atoms with E-state index in [9.17, 15) is 4.79 Å². The first-order valence-corrected chi connectivity index (χ1v) is 7.34. The number of hydrogen-bond donors (Lipinski definition) is 0. The monoisotopic (exact) mass is 331 g/mol. The molecule has 1 amide bonds. The molecule has 3 heteroatoms. The molecular formula is C17H18BrNO. The van der Waals surface area contributed by atoms with Gasteiger partial charge in [-0.2, -0.15) is 0 Å². The van der Waals surface area contributed by atoms with Gasteiger partial charge in [0.25, 0.3) is 5.91 Å². The van der Waals surface area contributed by atoms with Crippen LogP contribution in [-0.2, 0) is 6.54 Å². The maximum Gasteiger partial charge on any atom is 0.253 e. The van der Waals surface area contributed by atoms with Crippen LogP contribution in [0.25, 0.3) is 0 Å². The highest BCUT2D eigenvalue weighted by Gasteiger charge is 2.12. The third-order valence-corrected chi connectivity index (χ3v) is 4.18. The highest BCUT2D eigenvalue weighted by atomic mass is 79.9. The molecule has 2 nitrogen and oxygen atoms in total. The number of carbonyl (C=O) groups is 1. The van der Waals surface area contributed by atoms with Crippen LogP contribution in [0.15, 0.2) is 46.9 Å². The Hall–Kier alpha value is -1.61. The Kier molecular flexibility index (Phi) is 4.61. The molecule has 0 atom stereocenters. The summed E-state index contributed by atoms with van der Waals surface area (Å²) in [4.78, 5) is 14.1. The zero-order valence-electron chi connectivity index (χ0n) is 12.0. The summed E-state index contributed by atoms with van der Waals surface area (Å²) in [5.41, 5.74) is 4.16. The van der Waals surface area contributed by atoms with Gasteiger partial charge in [0.05, 0.1) is 0 Å². The average molecular weight is 332 g/mol. The van der Waals surface area contributed by atoms with E-state index in [0.29, 0.717) is 6.54 Å². The molecule has 0 saturated heterocycles. The SMILES string of the molecule is Cc1ccc(CN(C)C(=O)c2ccc(Br)c(C)c2)cc1. The van der Waals surface area contributed by atoms with Crippen LogP contribution in [0.3, 0.4) is 0 Å². The van der Waals surface area contributed by atoms with E-state index in [1.165, 1.54) is 5.56 Å². The normalized spacial score (nSPS) is 10.4. The molecule has 104 valence electrons. The van der Waals surface area contributed by atoms with Gasteiger partial charge in [-0.1, -0.05) is 45.8 Å². The van der Waals surface area contributed by atoms with Gasteiger partial charge in [0.1, 0.15) is 0 Å². The number of halogens is 1. The summed E-state index contributed by atoms with van der Waals surface area (Å²) in [6.45, 7) is 4.66. The number of hydrogen-bond acceptors (Lipinski definition) is 1. The lowest BCUT2D eigenvalue weighted by atomic mass is 10.1. The van der Waals surface area contributed by atoms with E-state index in [1.54, 1.807) is 4.90 Å². The molecular weight excluding hydrogens is 314 g/mol. The van der Waals surface area contributed by atoms with Gasteiger partial charge in [-0.3, -0.25) is 4.79 Å². The van der Waals surface area contributed by atoms with Crippen molar-refractivity contribution in [2.24, 2.45) is 0 Å². The van der Waals surface area contributed by atoms with Gasteiger partial charge in [-0.15, -0.1) is 0 Å². The van der Waals surface area contributed by atoms with Crippen LogP contribution >= 0.6 is 15.9 Å². The Morgan fingerprint density at radius 2 is 1.75 bits per heavy atom. The summed E-state index contributed by atoms with van der Waals surface area (Å²) in [5.74, 6) is 0.0428. The molecule has 0 heterocycles. The van der Waals surface area contributed by atoms with Crippen LogP contribution in [0.4, 0.5) is 0 Å². The fraction of sp³-hybridized carbons (Fsp3) is 0.235. The van der Waals surface area contributed by atoms with Crippen LogP contribution in [0.1, 0.15) is 27.0 Å². The number of benzene rings is 2. The van der Waals surface area contributed by atoms with E-state index >= 15 is 0 Å². The third kappa shape index (κ3) is 3.48. The Balaban J connectivity index is 2.11. The zero-order valence-corrected chi connectivity index (χ0v) is 13.6. The number of aryl methyl sites for hydroxylation is 2. The molecule has 0 fully saturated rings. The van der Waals surface area contributed by atoms with Gasteiger partial charge < -0.3 is 4.90 Å². The lowest BCUT2D eigenvalue weighted by Crippen LogP contribution is -2.26. The van der Waals surface area contributed by atoms with E-state index in [-0.39, 0.29) is 5.91 Å². The van der Waals surface area contributed by atoms with Crippen molar-refractivity contribution in [3.63, 3.8) is 0 Å². The van der Waals surface area contributed by atoms with E-state index < -0.39 is 0 Å².